The van der Waals surface area contributed by atoms with E-state index in [9.17, 15) is 14.9 Å². The Morgan fingerprint density at radius 3 is 2.68 bits per heavy atom. The van der Waals surface area contributed by atoms with Gasteiger partial charge in [-0.1, -0.05) is 18.2 Å². The van der Waals surface area contributed by atoms with Crippen molar-refractivity contribution in [1.29, 1.82) is 5.26 Å². The number of hydrogen-bond acceptors (Lipinski definition) is 5. The molecule has 0 saturated heterocycles. The lowest BCUT2D eigenvalue weighted by molar-refractivity contribution is 0.102. The standard InChI is InChI=1S/C27H24N4O3/c1-17-8-9-20(30-25(32)18-6-5-7-19(12-18)27(2,3)15-28)13-24(17)34-21-10-11-23-22(14-21)26(33)31(4)16-29-23/h5-14,16H,1-4H3,(H,30,32). The van der Waals surface area contributed by atoms with E-state index in [1.165, 1.54) is 10.9 Å². The Kier molecular flexibility index (Phi) is 5.91. The van der Waals surface area contributed by atoms with Crippen molar-refractivity contribution in [2.45, 2.75) is 26.2 Å². The van der Waals surface area contributed by atoms with Crippen LogP contribution in [0.3, 0.4) is 0 Å². The Balaban J connectivity index is 1.59. The summed E-state index contributed by atoms with van der Waals surface area (Å²) in [6, 6.07) is 19.8. The number of fused-ring (bicyclic) bond motifs is 1. The molecule has 1 heterocycles. The van der Waals surface area contributed by atoms with Crippen LogP contribution in [0.2, 0.25) is 0 Å². The third kappa shape index (κ3) is 4.52. The number of hydrogen-bond donors (Lipinski definition) is 1. The van der Waals surface area contributed by atoms with Crippen LogP contribution in [0, 0.1) is 18.3 Å². The number of nitrogens with zero attached hydrogens (tertiary/aromatic N) is 3. The molecule has 1 amide bonds. The fraction of sp³-hybridized carbons (Fsp3) is 0.185. The van der Waals surface area contributed by atoms with Crippen LogP contribution in [-0.2, 0) is 12.5 Å². The fourth-order valence-electron chi connectivity index (χ4n) is 3.49. The summed E-state index contributed by atoms with van der Waals surface area (Å²) in [6.45, 7) is 5.52. The van der Waals surface area contributed by atoms with E-state index < -0.39 is 5.41 Å². The summed E-state index contributed by atoms with van der Waals surface area (Å²) < 4.78 is 7.47. The topological polar surface area (TPSA) is 97.0 Å². The van der Waals surface area contributed by atoms with Crippen LogP contribution in [0.4, 0.5) is 5.69 Å². The lowest BCUT2D eigenvalue weighted by atomic mass is 9.85. The van der Waals surface area contributed by atoms with Gasteiger partial charge in [0, 0.05) is 24.4 Å². The van der Waals surface area contributed by atoms with Crippen molar-refractivity contribution in [3.05, 3.63) is 94.0 Å². The monoisotopic (exact) mass is 452 g/mol. The Morgan fingerprint density at radius 2 is 1.91 bits per heavy atom. The number of nitrogens with one attached hydrogen (secondary N) is 1. The van der Waals surface area contributed by atoms with Crippen LogP contribution in [-0.4, -0.2) is 15.5 Å². The molecule has 4 aromatic rings. The summed E-state index contributed by atoms with van der Waals surface area (Å²) >= 11 is 0. The lowest BCUT2D eigenvalue weighted by Gasteiger charge is -2.17. The number of anilines is 1. The van der Waals surface area contributed by atoms with Crippen molar-refractivity contribution in [3.63, 3.8) is 0 Å². The molecule has 170 valence electrons. The average Bonchev–Trinajstić information content (AvgIpc) is 2.84. The van der Waals surface area contributed by atoms with Gasteiger partial charge >= 0.3 is 0 Å². The quantitative estimate of drug-likeness (QED) is 0.455. The van der Waals surface area contributed by atoms with Crippen molar-refractivity contribution >= 4 is 22.5 Å². The van der Waals surface area contributed by atoms with E-state index >= 15 is 0 Å². The van der Waals surface area contributed by atoms with Crippen molar-refractivity contribution < 1.29 is 9.53 Å². The first-order valence-corrected chi connectivity index (χ1v) is 10.7. The molecule has 1 N–H and O–H groups in total. The van der Waals surface area contributed by atoms with Gasteiger partial charge in [-0.15, -0.1) is 0 Å². The summed E-state index contributed by atoms with van der Waals surface area (Å²) in [5, 5.41) is 12.7. The van der Waals surface area contributed by atoms with Gasteiger partial charge in [0.1, 0.15) is 11.5 Å². The van der Waals surface area contributed by atoms with E-state index in [-0.39, 0.29) is 11.5 Å². The molecule has 0 unspecified atom stereocenters. The molecule has 0 aliphatic carbocycles. The van der Waals surface area contributed by atoms with Gasteiger partial charge in [0.05, 0.1) is 28.7 Å². The number of aromatic nitrogens is 2. The number of carbonyl (C=O) groups is 1. The predicted molar refractivity (Wildman–Crippen MR) is 131 cm³/mol. The number of ether oxygens (including phenoxy) is 1. The van der Waals surface area contributed by atoms with Crippen molar-refractivity contribution in [2.24, 2.45) is 7.05 Å². The lowest BCUT2D eigenvalue weighted by Crippen LogP contribution is -2.17. The minimum absolute atomic E-state index is 0.157. The second kappa shape index (κ2) is 8.83. The van der Waals surface area contributed by atoms with Gasteiger partial charge in [0.15, 0.2) is 0 Å². The summed E-state index contributed by atoms with van der Waals surface area (Å²) in [5.74, 6) is 0.763. The van der Waals surface area contributed by atoms with Crippen molar-refractivity contribution in [3.8, 4) is 17.6 Å². The molecule has 0 fully saturated rings. The summed E-state index contributed by atoms with van der Waals surface area (Å²) in [7, 11) is 1.65. The second-order valence-corrected chi connectivity index (χ2v) is 8.69. The minimum atomic E-state index is -0.697. The maximum Gasteiger partial charge on any atom is 0.261 e. The third-order valence-corrected chi connectivity index (χ3v) is 5.69. The van der Waals surface area contributed by atoms with Gasteiger partial charge in [-0.2, -0.15) is 5.26 Å². The van der Waals surface area contributed by atoms with E-state index in [1.807, 2.05) is 32.9 Å². The van der Waals surface area contributed by atoms with E-state index in [0.29, 0.717) is 33.7 Å². The normalized spacial score (nSPS) is 11.1. The highest BCUT2D eigenvalue weighted by Crippen LogP contribution is 2.30. The molecule has 0 spiro atoms. The average molecular weight is 453 g/mol. The first-order valence-electron chi connectivity index (χ1n) is 10.7. The van der Waals surface area contributed by atoms with Gasteiger partial charge in [-0.3, -0.25) is 9.59 Å². The fourth-order valence-corrected chi connectivity index (χ4v) is 3.49. The first-order chi connectivity index (χ1) is 16.2. The van der Waals surface area contributed by atoms with Crippen LogP contribution >= 0.6 is 0 Å². The van der Waals surface area contributed by atoms with Crippen LogP contribution in [0.1, 0.15) is 35.3 Å². The third-order valence-electron chi connectivity index (χ3n) is 5.69. The van der Waals surface area contributed by atoms with E-state index in [2.05, 4.69) is 16.4 Å². The zero-order chi connectivity index (χ0) is 24.5. The summed E-state index contributed by atoms with van der Waals surface area (Å²) in [6.07, 6.45) is 1.48. The predicted octanol–water partition coefficient (Wildman–Crippen LogP) is 5.09. The smallest absolute Gasteiger partial charge is 0.261 e. The van der Waals surface area contributed by atoms with Crippen molar-refractivity contribution in [1.82, 2.24) is 9.55 Å². The highest BCUT2D eigenvalue weighted by molar-refractivity contribution is 6.04. The highest BCUT2D eigenvalue weighted by Gasteiger charge is 2.21. The number of nitriles is 1. The van der Waals surface area contributed by atoms with E-state index in [1.54, 1.807) is 55.6 Å². The molecule has 7 heteroatoms. The number of amides is 1. The van der Waals surface area contributed by atoms with Gasteiger partial charge < -0.3 is 14.6 Å². The molecule has 0 atom stereocenters. The number of aryl methyl sites for hydroxylation is 2. The molecule has 34 heavy (non-hydrogen) atoms. The molecule has 0 bridgehead atoms. The Hall–Kier alpha value is -4.44. The molecule has 7 nitrogen and oxygen atoms in total. The van der Waals surface area contributed by atoms with Crippen LogP contribution in [0.15, 0.2) is 71.8 Å². The minimum Gasteiger partial charge on any atom is -0.457 e. The van der Waals surface area contributed by atoms with E-state index in [4.69, 9.17) is 4.74 Å². The maximum atomic E-state index is 12.9. The summed E-state index contributed by atoms with van der Waals surface area (Å²) in [5.41, 5.74) is 2.40. The second-order valence-electron chi connectivity index (χ2n) is 8.69. The van der Waals surface area contributed by atoms with Crippen molar-refractivity contribution in [2.75, 3.05) is 5.32 Å². The maximum absolute atomic E-state index is 12.9. The number of benzene rings is 3. The zero-order valence-corrected chi connectivity index (χ0v) is 19.4. The van der Waals surface area contributed by atoms with Crippen LogP contribution in [0.5, 0.6) is 11.5 Å². The number of carbonyl (C=O) groups excluding carboxylic acids is 1. The molecule has 0 radical (unpaired) electrons. The summed E-state index contributed by atoms with van der Waals surface area (Å²) in [4.78, 5) is 29.5. The van der Waals surface area contributed by atoms with Crippen LogP contribution < -0.4 is 15.6 Å². The van der Waals surface area contributed by atoms with Gasteiger partial charge in [-0.25, -0.2) is 4.98 Å². The SMILES string of the molecule is Cc1ccc(NC(=O)c2cccc(C(C)(C)C#N)c2)cc1Oc1ccc2ncn(C)c(=O)c2c1. The Labute approximate surface area is 197 Å². The van der Waals surface area contributed by atoms with Crippen LogP contribution in [0.25, 0.3) is 10.9 Å². The Bertz CT molecular complexity index is 1510. The first kappa shape index (κ1) is 22.7. The van der Waals surface area contributed by atoms with Gasteiger partial charge in [0.25, 0.3) is 11.5 Å². The Morgan fingerprint density at radius 1 is 1.12 bits per heavy atom. The van der Waals surface area contributed by atoms with Gasteiger partial charge in [0.2, 0.25) is 0 Å². The molecule has 1 aromatic heterocycles. The van der Waals surface area contributed by atoms with E-state index in [0.717, 1.165) is 11.1 Å². The molecular formula is C27H24N4O3. The highest BCUT2D eigenvalue weighted by atomic mass is 16.5. The molecular weight excluding hydrogens is 428 g/mol. The molecule has 0 aliphatic rings. The molecule has 3 aromatic carbocycles. The number of rotatable bonds is 5. The van der Waals surface area contributed by atoms with Gasteiger partial charge in [-0.05, 0) is 68.3 Å². The molecule has 0 aliphatic heterocycles. The molecule has 0 saturated carbocycles. The molecule has 4 rings (SSSR count). The largest absolute Gasteiger partial charge is 0.457 e. The zero-order valence-electron chi connectivity index (χ0n) is 19.4.